The Bertz CT molecular complexity index is 7710. The minimum absolute atomic E-state index is 0.920. The summed E-state index contributed by atoms with van der Waals surface area (Å²) in [5.41, 5.74) is 25.0. The molecule has 0 saturated heterocycles. The number of nitrogens with zero attached hydrogens (tertiary/aromatic N) is 8. The lowest BCUT2D eigenvalue weighted by molar-refractivity contribution is 1.37. The summed E-state index contributed by atoms with van der Waals surface area (Å²) in [7, 11) is 0. The van der Waals surface area contributed by atoms with E-state index in [1.807, 2.05) is 49.1 Å². The third kappa shape index (κ3) is 10.7. The van der Waals surface area contributed by atoms with Crippen LogP contribution < -0.4 is 0 Å². The molecule has 0 aliphatic rings. The maximum absolute atomic E-state index is 5.19. The van der Waals surface area contributed by atoms with Gasteiger partial charge < -0.3 is 0 Å². The van der Waals surface area contributed by atoms with Gasteiger partial charge in [-0.2, -0.15) is 0 Å². The predicted molar refractivity (Wildman–Crippen MR) is 457 cm³/mol. The first-order valence-electron chi connectivity index (χ1n) is 37.1. The Morgan fingerprint density at radius 3 is 1.10 bits per heavy atom. The van der Waals surface area contributed by atoms with Gasteiger partial charge in [-0.1, -0.05) is 237 Å². The van der Waals surface area contributed by atoms with Gasteiger partial charge in [-0.25, -0.2) is 19.9 Å². The van der Waals surface area contributed by atoms with Gasteiger partial charge in [0.2, 0.25) is 0 Å². The van der Waals surface area contributed by atoms with Crippen LogP contribution in [0.5, 0.6) is 0 Å². The molecule has 8 heteroatoms. The number of pyridine rings is 8. The molecular weight excluding hydrogens is 1340 g/mol. The molecular formula is C102H60N8. The summed E-state index contributed by atoms with van der Waals surface area (Å²) in [5.74, 6) is 0. The quantitative estimate of drug-likeness (QED) is 0.139. The normalized spacial score (nSPS) is 11.8. The third-order valence-corrected chi connectivity index (χ3v) is 22.2. The Kier molecular flexibility index (Phi) is 14.5. The van der Waals surface area contributed by atoms with Crippen LogP contribution in [0.3, 0.4) is 0 Å². The van der Waals surface area contributed by atoms with Crippen molar-refractivity contribution in [3.05, 3.63) is 365 Å². The summed E-state index contributed by atoms with van der Waals surface area (Å²) in [4.78, 5) is 39.3. The van der Waals surface area contributed by atoms with E-state index in [-0.39, 0.29) is 0 Å². The van der Waals surface area contributed by atoms with Crippen LogP contribution >= 0.6 is 0 Å². The second-order valence-corrected chi connectivity index (χ2v) is 28.5. The van der Waals surface area contributed by atoms with Crippen molar-refractivity contribution in [1.29, 1.82) is 0 Å². The minimum Gasteiger partial charge on any atom is -0.254 e. The van der Waals surface area contributed by atoms with E-state index in [1.54, 1.807) is 0 Å². The molecule has 0 aliphatic heterocycles. The molecule has 0 spiro atoms. The zero-order chi connectivity index (χ0) is 72.3. The Morgan fingerprint density at radius 1 is 0.155 bits per heavy atom. The van der Waals surface area contributed by atoms with Crippen molar-refractivity contribution in [2.75, 3.05) is 0 Å². The van der Waals surface area contributed by atoms with Gasteiger partial charge in [0.1, 0.15) is 0 Å². The summed E-state index contributed by atoms with van der Waals surface area (Å²) in [6.45, 7) is 0. The smallest absolute Gasteiger partial charge is 0.0970 e. The lowest BCUT2D eigenvalue weighted by Gasteiger charge is -2.14. The number of fused-ring (bicyclic) bond motifs is 13. The topological polar surface area (TPSA) is 103 Å². The van der Waals surface area contributed by atoms with E-state index in [0.717, 1.165) is 177 Å². The fourth-order valence-corrected chi connectivity index (χ4v) is 16.7. The highest BCUT2D eigenvalue weighted by Gasteiger charge is 2.19. The van der Waals surface area contributed by atoms with Crippen molar-refractivity contribution >= 4 is 141 Å². The lowest BCUT2D eigenvalue weighted by atomic mass is 9.91. The molecule has 110 heavy (non-hydrogen) atoms. The van der Waals surface area contributed by atoms with Gasteiger partial charge in [0.05, 0.1) is 66.9 Å². The molecule has 8 heterocycles. The van der Waals surface area contributed by atoms with Crippen molar-refractivity contribution in [2.45, 2.75) is 0 Å². The molecule has 0 fully saturated rings. The summed E-state index contributed by atoms with van der Waals surface area (Å²) in [5, 5.41) is 21.4. The number of aromatic nitrogens is 8. The molecule has 0 unspecified atom stereocenters. The summed E-state index contributed by atoms with van der Waals surface area (Å²) in [6, 6.07) is 121. The molecule has 0 N–H and O–H groups in total. The van der Waals surface area contributed by atoms with Crippen LogP contribution in [-0.4, -0.2) is 39.9 Å². The molecule has 508 valence electrons. The van der Waals surface area contributed by atoms with Gasteiger partial charge in [-0.3, -0.25) is 19.9 Å². The van der Waals surface area contributed by atoms with Gasteiger partial charge >= 0.3 is 0 Å². The third-order valence-electron chi connectivity index (χ3n) is 22.2. The van der Waals surface area contributed by atoms with Crippen molar-refractivity contribution in [3.8, 4) is 89.5 Å². The monoisotopic (exact) mass is 1400 g/mol. The van der Waals surface area contributed by atoms with Crippen molar-refractivity contribution < 1.29 is 0 Å². The number of rotatable bonds is 8. The van der Waals surface area contributed by atoms with E-state index in [2.05, 4.69) is 330 Å². The zero-order valence-electron chi connectivity index (χ0n) is 59.2. The molecule has 0 aliphatic carbocycles. The average molecular weight is 1400 g/mol. The van der Waals surface area contributed by atoms with Gasteiger partial charge in [-0.15, -0.1) is 0 Å². The predicted octanol–water partition coefficient (Wildman–Crippen LogP) is 26.3. The van der Waals surface area contributed by atoms with E-state index >= 15 is 0 Å². The van der Waals surface area contributed by atoms with E-state index in [1.165, 1.54) is 53.9 Å². The van der Waals surface area contributed by atoms with E-state index < -0.39 is 0 Å². The first-order valence-corrected chi connectivity index (χ1v) is 37.1. The second kappa shape index (κ2) is 25.4. The Hall–Kier alpha value is -14.9. The SMILES string of the molecule is c1ccc2c(c1)cc(-c1ccc3cc(-c4ccc5ccc(-c6ccc(-c7cc8cccnc8c8ncccc78)cc6)nc5c4)ccc3n1)c1ccccc12.c1cnc2c(c1)cc(-c1ccc(-c3ccc4ccc(-c5ccc6nc(-c7ccc8ccc9cccc%10ccc7c8c9%10)ccc6c5)cc4n3)cc1)c1cccnc12. The van der Waals surface area contributed by atoms with Crippen LogP contribution in [0.15, 0.2) is 365 Å². The van der Waals surface area contributed by atoms with Crippen LogP contribution in [0.2, 0.25) is 0 Å². The Balaban J connectivity index is 0.000000136. The molecule has 0 amide bonds. The Morgan fingerprint density at radius 2 is 0.527 bits per heavy atom. The second-order valence-electron chi connectivity index (χ2n) is 28.5. The average Bonchev–Trinajstić information content (AvgIpc) is 0.733. The number of hydrogen-bond donors (Lipinski definition) is 0. The van der Waals surface area contributed by atoms with Crippen LogP contribution in [-0.2, 0) is 0 Å². The summed E-state index contributed by atoms with van der Waals surface area (Å²) >= 11 is 0. The number of hydrogen-bond acceptors (Lipinski definition) is 8. The maximum Gasteiger partial charge on any atom is 0.0970 e. The highest BCUT2D eigenvalue weighted by Crippen LogP contribution is 2.43. The summed E-state index contributed by atoms with van der Waals surface area (Å²) in [6.07, 6.45) is 7.33. The van der Waals surface area contributed by atoms with Crippen LogP contribution in [0.25, 0.3) is 231 Å². The zero-order valence-corrected chi connectivity index (χ0v) is 59.2. The van der Waals surface area contributed by atoms with Gasteiger partial charge in [0.15, 0.2) is 0 Å². The van der Waals surface area contributed by atoms with Gasteiger partial charge in [-0.05, 0) is 201 Å². The highest BCUT2D eigenvalue weighted by atomic mass is 14.7. The summed E-state index contributed by atoms with van der Waals surface area (Å²) < 4.78 is 0. The number of benzene rings is 15. The highest BCUT2D eigenvalue weighted by molar-refractivity contribution is 6.26. The van der Waals surface area contributed by atoms with E-state index in [4.69, 9.17) is 24.9 Å². The molecule has 23 rings (SSSR count). The molecule has 0 saturated carbocycles. The Labute approximate surface area is 631 Å². The van der Waals surface area contributed by atoms with E-state index in [0.29, 0.717) is 0 Å². The molecule has 0 atom stereocenters. The van der Waals surface area contributed by atoms with Crippen LogP contribution in [0.4, 0.5) is 0 Å². The molecule has 0 bridgehead atoms. The largest absolute Gasteiger partial charge is 0.254 e. The fraction of sp³-hybridized carbons (Fsp3) is 0. The first-order chi connectivity index (χ1) is 54.4. The van der Waals surface area contributed by atoms with Gasteiger partial charge in [0, 0.05) is 90.1 Å². The van der Waals surface area contributed by atoms with E-state index in [9.17, 15) is 0 Å². The lowest BCUT2D eigenvalue weighted by Crippen LogP contribution is -1.90. The van der Waals surface area contributed by atoms with Crippen molar-refractivity contribution in [2.24, 2.45) is 0 Å². The first kappa shape index (κ1) is 62.5. The van der Waals surface area contributed by atoms with Gasteiger partial charge in [0.25, 0.3) is 0 Å². The van der Waals surface area contributed by atoms with Crippen LogP contribution in [0.1, 0.15) is 0 Å². The minimum atomic E-state index is 0.920. The molecule has 8 nitrogen and oxygen atoms in total. The fourth-order valence-electron chi connectivity index (χ4n) is 16.7. The standard InChI is InChI=1S/C52H30N4.C50H30N4/c1-4-34-13-14-36-16-21-41(42-22-17-35(5-1)49(34)50(36)42)47-25-20-39-28-37(19-24-46(39)55-47)38-15-12-33-18-23-45(56-48(33)30-38)32-10-8-31(9-11-32)44-29-40-6-2-26-53-51(40)52-43(44)7-3-27-54-52;1-2-9-39-36(7-1)28-44(41-11-4-3-10-40(39)41)47-24-21-37-27-34(20-23-46(37)53-47)35-18-17-33-19-22-45(54-48(33)30-35)32-15-13-31(14-16-32)43-29-38-8-5-25-51-49(38)50-42(43)12-6-26-52-50/h1-30H;1-30H. The molecule has 23 aromatic rings. The molecule has 0 radical (unpaired) electrons. The molecule has 15 aromatic carbocycles. The maximum atomic E-state index is 5.19. The van der Waals surface area contributed by atoms with Crippen molar-refractivity contribution in [1.82, 2.24) is 39.9 Å². The van der Waals surface area contributed by atoms with Crippen molar-refractivity contribution in [3.63, 3.8) is 0 Å². The molecule has 8 aromatic heterocycles. The van der Waals surface area contributed by atoms with Crippen LogP contribution in [0, 0.1) is 0 Å².